The van der Waals surface area contributed by atoms with Crippen LogP contribution in [0, 0.1) is 12.7 Å². The summed E-state index contributed by atoms with van der Waals surface area (Å²) in [7, 11) is 0. The zero-order valence-electron chi connectivity index (χ0n) is 13.5. The molecule has 0 saturated carbocycles. The van der Waals surface area contributed by atoms with E-state index in [-0.39, 0.29) is 5.82 Å². The predicted molar refractivity (Wildman–Crippen MR) is 95.1 cm³/mol. The number of hydrogen-bond acceptors (Lipinski definition) is 4. The molecule has 0 spiro atoms. The van der Waals surface area contributed by atoms with Crippen LogP contribution in [0.3, 0.4) is 0 Å². The average molecular weight is 322 g/mol. The molecule has 0 aliphatic heterocycles. The summed E-state index contributed by atoms with van der Waals surface area (Å²) >= 11 is 0. The third-order valence-corrected chi connectivity index (χ3v) is 3.51. The van der Waals surface area contributed by atoms with Gasteiger partial charge in [-0.2, -0.15) is 4.98 Å². The molecule has 0 bridgehead atoms. The van der Waals surface area contributed by atoms with Gasteiger partial charge in [-0.15, -0.1) is 0 Å². The zero-order valence-corrected chi connectivity index (χ0v) is 13.5. The molecule has 0 fully saturated rings. The largest absolute Gasteiger partial charge is 0.354 e. The highest BCUT2D eigenvalue weighted by Crippen LogP contribution is 2.16. The minimum atomic E-state index is -0.217. The van der Waals surface area contributed by atoms with Crippen molar-refractivity contribution in [2.75, 3.05) is 17.2 Å². The second-order valence-corrected chi connectivity index (χ2v) is 5.51. The monoisotopic (exact) mass is 322 g/mol. The maximum atomic E-state index is 12.9. The van der Waals surface area contributed by atoms with Crippen molar-refractivity contribution in [2.24, 2.45) is 0 Å². The Hall–Kier alpha value is -2.95. The third kappa shape index (κ3) is 4.52. The van der Waals surface area contributed by atoms with Crippen molar-refractivity contribution < 1.29 is 4.39 Å². The van der Waals surface area contributed by atoms with Crippen molar-refractivity contribution >= 4 is 17.5 Å². The van der Waals surface area contributed by atoms with Crippen molar-refractivity contribution in [1.29, 1.82) is 0 Å². The van der Waals surface area contributed by atoms with Crippen LogP contribution in [-0.2, 0) is 6.42 Å². The first-order valence-electron chi connectivity index (χ1n) is 7.85. The molecule has 0 atom stereocenters. The second kappa shape index (κ2) is 7.55. The molecule has 2 N–H and O–H groups in total. The number of benzene rings is 2. The van der Waals surface area contributed by atoms with Crippen molar-refractivity contribution in [2.45, 2.75) is 13.3 Å². The fraction of sp³-hybridized carbons (Fsp3) is 0.158. The number of rotatable bonds is 6. The number of para-hydroxylation sites is 1. The second-order valence-electron chi connectivity index (χ2n) is 5.51. The lowest BCUT2D eigenvalue weighted by atomic mass is 10.1. The molecule has 0 saturated heterocycles. The van der Waals surface area contributed by atoms with Crippen LogP contribution in [-0.4, -0.2) is 16.5 Å². The lowest BCUT2D eigenvalue weighted by Crippen LogP contribution is -2.09. The highest BCUT2D eigenvalue weighted by atomic mass is 19.1. The van der Waals surface area contributed by atoms with Crippen LogP contribution in [0.15, 0.2) is 60.7 Å². The van der Waals surface area contributed by atoms with E-state index in [0.29, 0.717) is 12.5 Å². The first-order chi connectivity index (χ1) is 11.7. The standard InChI is InChI=1S/C19H19FN4/c1-14-13-18(23-17-5-3-2-4-6-17)24-19(22-14)21-12-11-15-7-9-16(20)10-8-15/h2-10,13H,11-12H2,1H3,(H2,21,22,23,24). The van der Waals surface area contributed by atoms with Crippen LogP contribution in [0.4, 0.5) is 21.8 Å². The Morgan fingerprint density at radius 3 is 2.46 bits per heavy atom. The molecule has 3 rings (SSSR count). The van der Waals surface area contributed by atoms with Crippen molar-refractivity contribution in [1.82, 2.24) is 9.97 Å². The predicted octanol–water partition coefficient (Wildman–Crippen LogP) is 4.32. The zero-order chi connectivity index (χ0) is 16.8. The summed E-state index contributed by atoms with van der Waals surface area (Å²) in [4.78, 5) is 8.88. The average Bonchev–Trinajstić information content (AvgIpc) is 2.57. The number of nitrogens with one attached hydrogen (secondary N) is 2. The Morgan fingerprint density at radius 1 is 0.958 bits per heavy atom. The van der Waals surface area contributed by atoms with Gasteiger partial charge in [0.2, 0.25) is 5.95 Å². The van der Waals surface area contributed by atoms with Gasteiger partial charge in [-0.3, -0.25) is 0 Å². The van der Waals surface area contributed by atoms with E-state index in [4.69, 9.17) is 0 Å². The summed E-state index contributed by atoms with van der Waals surface area (Å²) in [6.07, 6.45) is 0.777. The van der Waals surface area contributed by atoms with Crippen LogP contribution in [0.25, 0.3) is 0 Å². The first kappa shape index (κ1) is 15.9. The number of nitrogens with zero attached hydrogens (tertiary/aromatic N) is 2. The number of anilines is 3. The Morgan fingerprint density at radius 2 is 1.71 bits per heavy atom. The topological polar surface area (TPSA) is 49.8 Å². The van der Waals surface area contributed by atoms with Crippen LogP contribution >= 0.6 is 0 Å². The lowest BCUT2D eigenvalue weighted by Gasteiger charge is -2.10. The minimum absolute atomic E-state index is 0.217. The van der Waals surface area contributed by atoms with Gasteiger partial charge in [0.05, 0.1) is 0 Å². The molecule has 0 radical (unpaired) electrons. The summed E-state index contributed by atoms with van der Waals surface area (Å²) in [5, 5.41) is 6.49. The maximum Gasteiger partial charge on any atom is 0.224 e. The SMILES string of the molecule is Cc1cc(Nc2ccccc2)nc(NCCc2ccc(F)cc2)n1. The molecule has 122 valence electrons. The smallest absolute Gasteiger partial charge is 0.224 e. The lowest BCUT2D eigenvalue weighted by molar-refractivity contribution is 0.627. The fourth-order valence-electron chi connectivity index (χ4n) is 2.35. The van der Waals surface area contributed by atoms with Crippen LogP contribution in [0.1, 0.15) is 11.3 Å². The Balaban J connectivity index is 1.62. The highest BCUT2D eigenvalue weighted by Gasteiger charge is 2.03. The van der Waals surface area contributed by atoms with E-state index in [1.54, 1.807) is 12.1 Å². The molecule has 0 aliphatic rings. The molecule has 2 aromatic carbocycles. The van der Waals surface area contributed by atoms with Gasteiger partial charge in [-0.25, -0.2) is 9.37 Å². The van der Waals surface area contributed by atoms with Gasteiger partial charge in [0.25, 0.3) is 0 Å². The van der Waals surface area contributed by atoms with Gasteiger partial charge in [-0.1, -0.05) is 30.3 Å². The fourth-order valence-corrected chi connectivity index (χ4v) is 2.35. The molecule has 0 aliphatic carbocycles. The highest BCUT2D eigenvalue weighted by molar-refractivity contribution is 5.57. The first-order valence-corrected chi connectivity index (χ1v) is 7.85. The summed E-state index contributed by atoms with van der Waals surface area (Å²) in [6.45, 7) is 2.61. The molecule has 5 heteroatoms. The number of halogens is 1. The Kier molecular flexibility index (Phi) is 5.01. The van der Waals surface area contributed by atoms with E-state index >= 15 is 0 Å². The third-order valence-electron chi connectivity index (χ3n) is 3.51. The van der Waals surface area contributed by atoms with Crippen LogP contribution in [0.5, 0.6) is 0 Å². The van der Waals surface area contributed by atoms with E-state index in [1.807, 2.05) is 43.3 Å². The van der Waals surface area contributed by atoms with Gasteiger partial charge < -0.3 is 10.6 Å². The number of hydrogen-bond donors (Lipinski definition) is 2. The van der Waals surface area contributed by atoms with E-state index in [9.17, 15) is 4.39 Å². The molecular formula is C19H19FN4. The van der Waals surface area contributed by atoms with E-state index in [2.05, 4.69) is 20.6 Å². The van der Waals surface area contributed by atoms with E-state index in [0.717, 1.165) is 29.2 Å². The van der Waals surface area contributed by atoms with Gasteiger partial charge in [0, 0.05) is 24.0 Å². The molecule has 0 amide bonds. The molecule has 1 heterocycles. The maximum absolute atomic E-state index is 12.9. The van der Waals surface area contributed by atoms with Crippen molar-refractivity contribution in [3.05, 3.63) is 77.7 Å². The van der Waals surface area contributed by atoms with Crippen molar-refractivity contribution in [3.8, 4) is 0 Å². The molecular weight excluding hydrogens is 303 g/mol. The van der Waals surface area contributed by atoms with Gasteiger partial charge in [0.1, 0.15) is 11.6 Å². The molecule has 0 unspecified atom stereocenters. The van der Waals surface area contributed by atoms with E-state index < -0.39 is 0 Å². The van der Waals surface area contributed by atoms with Gasteiger partial charge in [0.15, 0.2) is 0 Å². The normalized spacial score (nSPS) is 10.4. The summed E-state index contributed by atoms with van der Waals surface area (Å²) < 4.78 is 12.9. The van der Waals surface area contributed by atoms with Crippen LogP contribution < -0.4 is 10.6 Å². The van der Waals surface area contributed by atoms with Gasteiger partial charge in [-0.05, 0) is 43.2 Å². The van der Waals surface area contributed by atoms with Crippen LogP contribution in [0.2, 0.25) is 0 Å². The minimum Gasteiger partial charge on any atom is -0.354 e. The quantitative estimate of drug-likeness (QED) is 0.709. The van der Waals surface area contributed by atoms with E-state index in [1.165, 1.54) is 12.1 Å². The Bertz CT molecular complexity index is 788. The van der Waals surface area contributed by atoms with Crippen molar-refractivity contribution in [3.63, 3.8) is 0 Å². The molecule has 24 heavy (non-hydrogen) atoms. The van der Waals surface area contributed by atoms with Gasteiger partial charge >= 0.3 is 0 Å². The number of aryl methyl sites for hydroxylation is 1. The summed E-state index contributed by atoms with van der Waals surface area (Å²) in [5.74, 6) is 1.11. The molecule has 1 aromatic heterocycles. The Labute approximate surface area is 140 Å². The molecule has 3 aromatic rings. The molecule has 4 nitrogen and oxygen atoms in total. The number of aromatic nitrogens is 2. The summed E-state index contributed by atoms with van der Waals surface area (Å²) in [5.41, 5.74) is 2.93. The summed E-state index contributed by atoms with van der Waals surface area (Å²) in [6, 6.07) is 18.3.